The van der Waals surface area contributed by atoms with E-state index in [1.54, 1.807) is 11.3 Å². The summed E-state index contributed by atoms with van der Waals surface area (Å²) in [4.78, 5) is 10.0. The smallest absolute Gasteiger partial charge is 0.180 e. The number of nitrogens with zero attached hydrogens (tertiary/aromatic N) is 2. The van der Waals surface area contributed by atoms with Crippen LogP contribution in [0.25, 0.3) is 10.6 Å². The molecule has 21 heavy (non-hydrogen) atoms. The van der Waals surface area contributed by atoms with Gasteiger partial charge in [-0.1, -0.05) is 49.3 Å². The molecule has 3 aromatic rings. The zero-order valence-corrected chi connectivity index (χ0v) is 15.9. The van der Waals surface area contributed by atoms with Gasteiger partial charge in [-0.2, -0.15) is 0 Å². The molecule has 0 aliphatic carbocycles. The molecule has 0 aliphatic heterocycles. The van der Waals surface area contributed by atoms with Gasteiger partial charge < -0.3 is 5.73 Å². The number of rotatable bonds is 3. The van der Waals surface area contributed by atoms with Crippen LogP contribution in [0.3, 0.4) is 0 Å². The Balaban J connectivity index is 1.87. The molecule has 108 valence electrons. The van der Waals surface area contributed by atoms with Crippen LogP contribution in [0.5, 0.6) is 0 Å². The van der Waals surface area contributed by atoms with E-state index in [4.69, 9.17) is 10.7 Å². The highest BCUT2D eigenvalue weighted by Gasteiger charge is 2.12. The number of benzene rings is 1. The summed E-state index contributed by atoms with van der Waals surface area (Å²) in [7, 11) is 0. The molecule has 0 aliphatic rings. The lowest BCUT2D eigenvalue weighted by Crippen LogP contribution is -1.89. The fourth-order valence-electron chi connectivity index (χ4n) is 1.98. The van der Waals surface area contributed by atoms with Crippen molar-refractivity contribution in [3.05, 3.63) is 48.8 Å². The van der Waals surface area contributed by atoms with Gasteiger partial charge in [0, 0.05) is 20.7 Å². The SMILES string of the molecule is Cc1nc(N)sc1-c1csc(Cc2ccc(Br)cc2Br)n1. The Kier molecular flexibility index (Phi) is 4.44. The molecule has 2 heterocycles. The van der Waals surface area contributed by atoms with Crippen molar-refractivity contribution in [2.75, 3.05) is 5.73 Å². The van der Waals surface area contributed by atoms with Gasteiger partial charge >= 0.3 is 0 Å². The lowest BCUT2D eigenvalue weighted by molar-refractivity contribution is 1.13. The van der Waals surface area contributed by atoms with Crippen molar-refractivity contribution in [3.63, 3.8) is 0 Å². The largest absolute Gasteiger partial charge is 0.375 e. The summed E-state index contributed by atoms with van der Waals surface area (Å²) in [5, 5.41) is 3.74. The van der Waals surface area contributed by atoms with Crippen LogP contribution < -0.4 is 5.73 Å². The number of halogens is 2. The molecule has 0 radical (unpaired) electrons. The first-order valence-corrected chi connectivity index (χ1v) is 9.43. The molecule has 7 heteroatoms. The van der Waals surface area contributed by atoms with Crippen LogP contribution in [0.1, 0.15) is 16.3 Å². The highest BCUT2D eigenvalue weighted by Crippen LogP contribution is 2.33. The van der Waals surface area contributed by atoms with Gasteiger partial charge in [0.05, 0.1) is 21.3 Å². The minimum atomic E-state index is 0.590. The van der Waals surface area contributed by atoms with Crippen LogP contribution in [0.2, 0.25) is 0 Å². The Morgan fingerprint density at radius 1 is 1.24 bits per heavy atom. The quantitative estimate of drug-likeness (QED) is 0.598. The Labute approximate surface area is 147 Å². The van der Waals surface area contributed by atoms with Crippen molar-refractivity contribution < 1.29 is 0 Å². The average molecular weight is 445 g/mol. The average Bonchev–Trinajstić information content (AvgIpc) is 2.99. The number of hydrogen-bond acceptors (Lipinski definition) is 5. The van der Waals surface area contributed by atoms with Crippen molar-refractivity contribution in [3.8, 4) is 10.6 Å². The predicted molar refractivity (Wildman–Crippen MR) is 97.0 cm³/mol. The number of thiazole rings is 2. The number of aromatic nitrogens is 2. The van der Waals surface area contributed by atoms with Crippen molar-refractivity contribution in [2.24, 2.45) is 0 Å². The van der Waals surface area contributed by atoms with Crippen molar-refractivity contribution in [1.82, 2.24) is 9.97 Å². The maximum Gasteiger partial charge on any atom is 0.180 e. The van der Waals surface area contributed by atoms with E-state index in [0.29, 0.717) is 5.13 Å². The van der Waals surface area contributed by atoms with Gasteiger partial charge in [0.15, 0.2) is 5.13 Å². The fraction of sp³-hybridized carbons (Fsp3) is 0.143. The van der Waals surface area contributed by atoms with E-state index in [1.807, 2.05) is 13.0 Å². The van der Waals surface area contributed by atoms with Crippen molar-refractivity contribution in [1.29, 1.82) is 0 Å². The number of nitrogens with two attached hydrogens (primary N) is 1. The standard InChI is InChI=1S/C14H11Br2N3S2/c1-7-13(21-14(17)18-7)11-6-20-12(19-11)4-8-2-3-9(15)5-10(8)16/h2-3,5-6H,4H2,1H3,(H2,17,18). The Bertz CT molecular complexity index is 795. The fourth-order valence-corrected chi connectivity index (χ4v) is 4.84. The first-order valence-electron chi connectivity index (χ1n) is 6.14. The second-order valence-electron chi connectivity index (χ2n) is 4.51. The van der Waals surface area contributed by atoms with Crippen LogP contribution in [-0.4, -0.2) is 9.97 Å². The zero-order chi connectivity index (χ0) is 15.0. The van der Waals surface area contributed by atoms with E-state index < -0.39 is 0 Å². The van der Waals surface area contributed by atoms with Crippen molar-refractivity contribution >= 4 is 59.7 Å². The van der Waals surface area contributed by atoms with E-state index in [9.17, 15) is 0 Å². The van der Waals surface area contributed by atoms with Gasteiger partial charge in [-0.15, -0.1) is 11.3 Å². The molecular weight excluding hydrogens is 434 g/mol. The minimum Gasteiger partial charge on any atom is -0.375 e. The monoisotopic (exact) mass is 443 g/mol. The molecule has 0 spiro atoms. The van der Waals surface area contributed by atoms with E-state index in [2.05, 4.69) is 54.4 Å². The van der Waals surface area contributed by atoms with Crippen molar-refractivity contribution in [2.45, 2.75) is 13.3 Å². The summed E-state index contributed by atoms with van der Waals surface area (Å²) in [6, 6.07) is 6.20. The molecule has 0 unspecified atom stereocenters. The van der Waals surface area contributed by atoms with Crippen LogP contribution >= 0.6 is 54.5 Å². The third kappa shape index (κ3) is 3.36. The molecule has 0 amide bonds. The van der Waals surface area contributed by atoms with E-state index in [0.717, 1.165) is 36.6 Å². The lowest BCUT2D eigenvalue weighted by atomic mass is 10.2. The van der Waals surface area contributed by atoms with Crippen LogP contribution in [0.4, 0.5) is 5.13 Å². The summed E-state index contributed by atoms with van der Waals surface area (Å²) < 4.78 is 2.15. The Morgan fingerprint density at radius 2 is 2.05 bits per heavy atom. The summed E-state index contributed by atoms with van der Waals surface area (Å²) in [6.45, 7) is 1.96. The molecule has 1 aromatic carbocycles. The van der Waals surface area contributed by atoms with E-state index in [1.165, 1.54) is 16.9 Å². The van der Waals surface area contributed by atoms with Gasteiger partial charge in [-0.05, 0) is 24.6 Å². The molecule has 2 aromatic heterocycles. The first kappa shape index (κ1) is 15.1. The van der Waals surface area contributed by atoms with Gasteiger partial charge in [-0.25, -0.2) is 9.97 Å². The number of nitrogen functional groups attached to an aromatic ring is 1. The third-order valence-corrected chi connectivity index (χ3v) is 6.04. The van der Waals surface area contributed by atoms with Gasteiger partial charge in [-0.3, -0.25) is 0 Å². The molecular formula is C14H11Br2N3S2. The van der Waals surface area contributed by atoms with Crippen LogP contribution in [0.15, 0.2) is 32.5 Å². The minimum absolute atomic E-state index is 0.590. The normalized spacial score (nSPS) is 11.0. The number of hydrogen-bond donors (Lipinski definition) is 1. The first-order chi connectivity index (χ1) is 10.0. The predicted octanol–water partition coefficient (Wildman–Crippen LogP) is 5.27. The van der Waals surface area contributed by atoms with E-state index >= 15 is 0 Å². The molecule has 2 N–H and O–H groups in total. The molecule has 0 saturated carbocycles. The zero-order valence-electron chi connectivity index (χ0n) is 11.1. The van der Waals surface area contributed by atoms with Gasteiger partial charge in [0.2, 0.25) is 0 Å². The summed E-state index contributed by atoms with van der Waals surface area (Å²) in [5.41, 5.74) is 8.89. The van der Waals surface area contributed by atoms with Gasteiger partial charge in [0.25, 0.3) is 0 Å². The lowest BCUT2D eigenvalue weighted by Gasteiger charge is -2.02. The summed E-state index contributed by atoms with van der Waals surface area (Å²) >= 11 is 10.2. The maximum atomic E-state index is 5.75. The molecule has 0 atom stereocenters. The highest BCUT2D eigenvalue weighted by atomic mass is 79.9. The Morgan fingerprint density at radius 3 is 2.71 bits per heavy atom. The van der Waals surface area contributed by atoms with E-state index in [-0.39, 0.29) is 0 Å². The summed E-state index contributed by atoms with van der Waals surface area (Å²) in [6.07, 6.45) is 0.811. The van der Waals surface area contributed by atoms with Gasteiger partial charge in [0.1, 0.15) is 0 Å². The topological polar surface area (TPSA) is 51.8 Å². The Hall–Kier alpha value is -0.760. The molecule has 3 rings (SSSR count). The number of aryl methyl sites for hydroxylation is 1. The van der Waals surface area contributed by atoms with Crippen LogP contribution in [0, 0.1) is 6.92 Å². The van der Waals surface area contributed by atoms with Crippen LogP contribution in [-0.2, 0) is 6.42 Å². The molecule has 3 nitrogen and oxygen atoms in total. The highest BCUT2D eigenvalue weighted by molar-refractivity contribution is 9.11. The molecule has 0 fully saturated rings. The molecule has 0 saturated heterocycles. The maximum absolute atomic E-state index is 5.75. The molecule has 0 bridgehead atoms. The second kappa shape index (κ2) is 6.16. The third-order valence-electron chi connectivity index (χ3n) is 2.95. The second-order valence-corrected chi connectivity index (χ2v) is 8.25. The summed E-state index contributed by atoms with van der Waals surface area (Å²) in [5.74, 6) is 0. The number of anilines is 1.